The molecule has 0 spiro atoms. The predicted octanol–water partition coefficient (Wildman–Crippen LogP) is 3.80. The van der Waals surface area contributed by atoms with Gasteiger partial charge in [-0.15, -0.1) is 0 Å². The van der Waals surface area contributed by atoms with Gasteiger partial charge in [0.15, 0.2) is 0 Å². The highest BCUT2D eigenvalue weighted by Crippen LogP contribution is 2.28. The van der Waals surface area contributed by atoms with Crippen molar-refractivity contribution in [3.63, 3.8) is 0 Å². The summed E-state index contributed by atoms with van der Waals surface area (Å²) in [7, 11) is 1.67. The number of aryl methyl sites for hydroxylation is 3. The Kier molecular flexibility index (Phi) is 5.35. The van der Waals surface area contributed by atoms with Gasteiger partial charge in [-0.3, -0.25) is 9.48 Å². The van der Waals surface area contributed by atoms with Gasteiger partial charge in [0.25, 0.3) is 0 Å². The number of nitrogens with one attached hydrogen (secondary N) is 1. The molecule has 0 aliphatic rings. The lowest BCUT2D eigenvalue weighted by Gasteiger charge is -2.11. The molecule has 0 atom stereocenters. The van der Waals surface area contributed by atoms with Crippen molar-refractivity contribution in [3.05, 3.63) is 47.3 Å². The van der Waals surface area contributed by atoms with E-state index in [1.54, 1.807) is 7.05 Å². The molecule has 0 aliphatic carbocycles. The number of benzene rings is 1. The lowest BCUT2D eigenvalue weighted by molar-refractivity contribution is -0.120. The lowest BCUT2D eigenvalue weighted by atomic mass is 10.0. The van der Waals surface area contributed by atoms with Crippen molar-refractivity contribution in [2.75, 3.05) is 7.05 Å². The number of fused-ring (bicyclic) bond motifs is 1. The number of nitrogens with zero attached hydrogens (tertiary/aromatic N) is 3. The smallest absolute Gasteiger partial charge is 0.220 e. The number of hydrogen-bond acceptors (Lipinski definition) is 3. The minimum Gasteiger partial charge on any atom is -0.359 e. The molecule has 0 unspecified atom stereocenters. The van der Waals surface area contributed by atoms with Crippen LogP contribution in [0, 0.1) is 13.8 Å². The number of carbonyl (C=O) groups is 1. The van der Waals surface area contributed by atoms with E-state index in [0.717, 1.165) is 46.4 Å². The van der Waals surface area contributed by atoms with Gasteiger partial charge in [0.2, 0.25) is 5.91 Å². The second kappa shape index (κ2) is 7.68. The second-order valence-electron chi connectivity index (χ2n) is 6.68. The maximum absolute atomic E-state index is 11.6. The van der Waals surface area contributed by atoms with Crippen LogP contribution in [0.3, 0.4) is 0 Å². The van der Waals surface area contributed by atoms with E-state index in [0.29, 0.717) is 12.8 Å². The van der Waals surface area contributed by atoms with Crippen LogP contribution < -0.4 is 5.32 Å². The van der Waals surface area contributed by atoms with Crippen molar-refractivity contribution in [3.8, 4) is 11.3 Å². The Bertz CT molecular complexity index is 943. The van der Waals surface area contributed by atoms with Crippen LogP contribution in [-0.4, -0.2) is 27.7 Å². The maximum atomic E-state index is 11.6. The summed E-state index contributed by atoms with van der Waals surface area (Å²) >= 11 is 0. The number of carbonyl (C=O) groups excluding carboxylic acids is 1. The summed E-state index contributed by atoms with van der Waals surface area (Å²) in [5.41, 5.74) is 6.44. The highest BCUT2D eigenvalue weighted by atomic mass is 16.1. The quantitative estimate of drug-likeness (QED) is 0.735. The van der Waals surface area contributed by atoms with Gasteiger partial charge in [-0.1, -0.05) is 25.1 Å². The Morgan fingerprint density at radius 1 is 1.27 bits per heavy atom. The van der Waals surface area contributed by atoms with Gasteiger partial charge >= 0.3 is 0 Å². The molecule has 1 amide bonds. The van der Waals surface area contributed by atoms with E-state index in [1.807, 2.05) is 16.9 Å². The number of hydrogen-bond donors (Lipinski definition) is 1. The average Bonchev–Trinajstić information content (AvgIpc) is 3.00. The maximum Gasteiger partial charge on any atom is 0.220 e. The minimum absolute atomic E-state index is 0.0477. The molecule has 1 aromatic carbocycles. The predicted molar refractivity (Wildman–Crippen MR) is 105 cm³/mol. The first-order valence-corrected chi connectivity index (χ1v) is 9.17. The van der Waals surface area contributed by atoms with Gasteiger partial charge in [0, 0.05) is 36.7 Å². The third-order valence-electron chi connectivity index (χ3n) is 4.84. The fourth-order valence-corrected chi connectivity index (χ4v) is 3.33. The molecule has 0 bridgehead atoms. The Hall–Kier alpha value is -2.69. The number of rotatable bonds is 6. The van der Waals surface area contributed by atoms with Gasteiger partial charge in [0.1, 0.15) is 0 Å². The minimum atomic E-state index is 0.0477. The van der Waals surface area contributed by atoms with Gasteiger partial charge in [-0.05, 0) is 43.9 Å². The van der Waals surface area contributed by atoms with Gasteiger partial charge < -0.3 is 5.32 Å². The van der Waals surface area contributed by atoms with E-state index in [-0.39, 0.29) is 5.91 Å². The van der Waals surface area contributed by atoms with E-state index < -0.39 is 0 Å². The van der Waals surface area contributed by atoms with E-state index in [2.05, 4.69) is 49.4 Å². The first kappa shape index (κ1) is 18.1. The number of para-hydroxylation sites is 1. The lowest BCUT2D eigenvalue weighted by Crippen LogP contribution is -2.18. The Balaban J connectivity index is 2.07. The normalized spacial score (nSPS) is 11.1. The zero-order valence-electron chi connectivity index (χ0n) is 16.0. The van der Waals surface area contributed by atoms with E-state index in [4.69, 9.17) is 4.98 Å². The Morgan fingerprint density at radius 3 is 2.81 bits per heavy atom. The molecule has 3 rings (SSSR count). The summed E-state index contributed by atoms with van der Waals surface area (Å²) in [6.07, 6.45) is 4.11. The van der Waals surface area contributed by atoms with Crippen LogP contribution in [0.25, 0.3) is 22.2 Å². The summed E-state index contributed by atoms with van der Waals surface area (Å²) in [4.78, 5) is 16.6. The largest absolute Gasteiger partial charge is 0.359 e. The summed E-state index contributed by atoms with van der Waals surface area (Å²) in [6.45, 7) is 7.27. The van der Waals surface area contributed by atoms with Gasteiger partial charge in [0.05, 0.1) is 17.4 Å². The molecule has 0 fully saturated rings. The fourth-order valence-electron chi connectivity index (χ4n) is 3.33. The van der Waals surface area contributed by atoms with Crippen LogP contribution in [0.5, 0.6) is 0 Å². The van der Waals surface area contributed by atoms with Crippen LogP contribution in [-0.2, 0) is 17.8 Å². The number of amides is 1. The molecule has 2 heterocycles. The summed E-state index contributed by atoms with van der Waals surface area (Å²) in [5, 5.41) is 8.33. The molecular formula is C21H26N4O. The van der Waals surface area contributed by atoms with Gasteiger partial charge in [-0.2, -0.15) is 5.10 Å². The SMILES string of the molecule is CCCn1ncc(-c2cc(C)c3cccc(CCC(=O)NC)c3n2)c1C. The molecule has 3 aromatic rings. The second-order valence-corrected chi connectivity index (χ2v) is 6.68. The van der Waals surface area contributed by atoms with Crippen molar-refractivity contribution < 1.29 is 4.79 Å². The van der Waals surface area contributed by atoms with Crippen molar-refractivity contribution in [1.82, 2.24) is 20.1 Å². The third-order valence-corrected chi connectivity index (χ3v) is 4.84. The molecule has 1 N–H and O–H groups in total. The topological polar surface area (TPSA) is 59.8 Å². The molecule has 5 heteroatoms. The van der Waals surface area contributed by atoms with Crippen molar-refractivity contribution in [2.45, 2.75) is 46.6 Å². The van der Waals surface area contributed by atoms with Crippen LogP contribution in [0.1, 0.15) is 36.6 Å². The van der Waals surface area contributed by atoms with Crippen LogP contribution in [0.4, 0.5) is 0 Å². The zero-order valence-corrected chi connectivity index (χ0v) is 16.0. The van der Waals surface area contributed by atoms with Crippen LogP contribution >= 0.6 is 0 Å². The first-order valence-electron chi connectivity index (χ1n) is 9.17. The molecule has 136 valence electrons. The molecule has 0 saturated carbocycles. The highest BCUT2D eigenvalue weighted by molar-refractivity contribution is 5.88. The Morgan fingerprint density at radius 2 is 2.08 bits per heavy atom. The van der Waals surface area contributed by atoms with E-state index in [1.165, 1.54) is 5.56 Å². The van der Waals surface area contributed by atoms with Crippen molar-refractivity contribution in [2.24, 2.45) is 0 Å². The molecule has 0 saturated heterocycles. The molecule has 5 nitrogen and oxygen atoms in total. The third kappa shape index (κ3) is 3.47. The Labute approximate surface area is 154 Å². The van der Waals surface area contributed by atoms with Crippen molar-refractivity contribution >= 4 is 16.8 Å². The summed E-state index contributed by atoms with van der Waals surface area (Å²) in [6, 6.07) is 8.33. The molecule has 2 aromatic heterocycles. The number of aromatic nitrogens is 3. The number of pyridine rings is 1. The van der Waals surface area contributed by atoms with Crippen molar-refractivity contribution in [1.29, 1.82) is 0 Å². The molecule has 26 heavy (non-hydrogen) atoms. The standard InChI is InChI=1S/C21H26N4O/c1-5-11-25-15(3)18(13-23-25)19-12-14(2)17-8-6-7-16(21(17)24-19)9-10-20(26)22-4/h6-8,12-13H,5,9-11H2,1-4H3,(H,22,26). The summed E-state index contributed by atoms with van der Waals surface area (Å²) in [5.74, 6) is 0.0477. The van der Waals surface area contributed by atoms with E-state index in [9.17, 15) is 4.79 Å². The zero-order chi connectivity index (χ0) is 18.7. The summed E-state index contributed by atoms with van der Waals surface area (Å²) < 4.78 is 2.04. The monoisotopic (exact) mass is 350 g/mol. The molecular weight excluding hydrogens is 324 g/mol. The fraction of sp³-hybridized carbons (Fsp3) is 0.381. The van der Waals surface area contributed by atoms with Crippen LogP contribution in [0.2, 0.25) is 0 Å². The average molecular weight is 350 g/mol. The molecule has 0 radical (unpaired) electrons. The molecule has 0 aliphatic heterocycles. The van der Waals surface area contributed by atoms with E-state index >= 15 is 0 Å². The first-order chi connectivity index (χ1) is 12.5. The van der Waals surface area contributed by atoms with Gasteiger partial charge in [-0.25, -0.2) is 4.98 Å². The van der Waals surface area contributed by atoms with Crippen LogP contribution in [0.15, 0.2) is 30.5 Å². The highest BCUT2D eigenvalue weighted by Gasteiger charge is 2.13.